The van der Waals surface area contributed by atoms with Gasteiger partial charge in [-0.15, -0.1) is 0 Å². The Kier molecular flexibility index (Phi) is 5.69. The van der Waals surface area contributed by atoms with Crippen LogP contribution in [0.4, 0.5) is 23.0 Å². The van der Waals surface area contributed by atoms with Crippen LogP contribution in [0.25, 0.3) is 0 Å². The van der Waals surface area contributed by atoms with Crippen molar-refractivity contribution in [3.63, 3.8) is 0 Å². The van der Waals surface area contributed by atoms with E-state index in [2.05, 4.69) is 20.6 Å². The number of ether oxygens (including phenoxy) is 1. The van der Waals surface area contributed by atoms with Crippen molar-refractivity contribution < 1.29 is 9.66 Å². The number of nitrogens with one attached hydrogen (secondary N) is 2. The van der Waals surface area contributed by atoms with Crippen LogP contribution in [0.2, 0.25) is 0 Å². The first-order valence-electron chi connectivity index (χ1n) is 8.68. The van der Waals surface area contributed by atoms with E-state index in [-0.39, 0.29) is 17.3 Å². The monoisotopic (exact) mass is 379 g/mol. The highest BCUT2D eigenvalue weighted by atomic mass is 16.6. The van der Waals surface area contributed by atoms with E-state index in [0.717, 1.165) is 28.1 Å². The Balaban J connectivity index is 1.86. The van der Waals surface area contributed by atoms with E-state index in [9.17, 15) is 10.1 Å². The molecule has 0 atom stereocenters. The van der Waals surface area contributed by atoms with E-state index in [4.69, 9.17) is 4.74 Å². The summed E-state index contributed by atoms with van der Waals surface area (Å²) in [7, 11) is 1.60. The molecular formula is C20H21N5O3. The summed E-state index contributed by atoms with van der Waals surface area (Å²) in [6.07, 6.45) is 1.30. The van der Waals surface area contributed by atoms with Gasteiger partial charge in [-0.2, -0.15) is 0 Å². The van der Waals surface area contributed by atoms with Crippen LogP contribution in [-0.4, -0.2) is 22.0 Å². The summed E-state index contributed by atoms with van der Waals surface area (Å²) in [5, 5.41) is 17.8. The second-order valence-corrected chi connectivity index (χ2v) is 6.32. The van der Waals surface area contributed by atoms with Gasteiger partial charge >= 0.3 is 5.69 Å². The number of methoxy groups -OCH3 is 1. The molecule has 0 unspecified atom stereocenters. The molecule has 0 saturated heterocycles. The topological polar surface area (TPSA) is 102 Å². The minimum Gasteiger partial charge on any atom is -0.497 e. The van der Waals surface area contributed by atoms with Gasteiger partial charge in [0.2, 0.25) is 11.6 Å². The van der Waals surface area contributed by atoms with Crippen LogP contribution >= 0.6 is 0 Å². The van der Waals surface area contributed by atoms with Crippen molar-refractivity contribution in [2.75, 3.05) is 17.7 Å². The number of aryl methyl sites for hydroxylation is 2. The number of nitrogens with zero attached hydrogens (tertiary/aromatic N) is 3. The van der Waals surface area contributed by atoms with Crippen molar-refractivity contribution in [1.82, 2.24) is 9.97 Å². The molecule has 0 fully saturated rings. The number of hydrogen-bond donors (Lipinski definition) is 2. The molecule has 0 radical (unpaired) electrons. The summed E-state index contributed by atoms with van der Waals surface area (Å²) >= 11 is 0. The molecule has 1 heterocycles. The summed E-state index contributed by atoms with van der Waals surface area (Å²) in [6, 6.07) is 13.3. The smallest absolute Gasteiger partial charge is 0.353 e. The van der Waals surface area contributed by atoms with Gasteiger partial charge in [0.15, 0.2) is 0 Å². The highest BCUT2D eigenvalue weighted by Gasteiger charge is 2.23. The van der Waals surface area contributed by atoms with Gasteiger partial charge in [-0.1, -0.05) is 24.3 Å². The molecule has 144 valence electrons. The van der Waals surface area contributed by atoms with Crippen molar-refractivity contribution in [1.29, 1.82) is 0 Å². The summed E-state index contributed by atoms with van der Waals surface area (Å²) in [5.41, 5.74) is 3.52. The van der Waals surface area contributed by atoms with Crippen molar-refractivity contribution in [3.05, 3.63) is 75.6 Å². The zero-order valence-electron chi connectivity index (χ0n) is 15.9. The zero-order chi connectivity index (χ0) is 20.1. The summed E-state index contributed by atoms with van der Waals surface area (Å²) in [4.78, 5) is 19.4. The van der Waals surface area contributed by atoms with Crippen LogP contribution < -0.4 is 15.4 Å². The molecule has 0 spiro atoms. The molecule has 2 N–H and O–H groups in total. The fourth-order valence-corrected chi connectivity index (χ4v) is 2.70. The maximum absolute atomic E-state index is 11.7. The van der Waals surface area contributed by atoms with Crippen LogP contribution in [-0.2, 0) is 6.54 Å². The van der Waals surface area contributed by atoms with Crippen LogP contribution in [0.3, 0.4) is 0 Å². The molecule has 0 aliphatic carbocycles. The average Bonchev–Trinajstić information content (AvgIpc) is 2.69. The Bertz CT molecular complexity index is 990. The third-order valence-corrected chi connectivity index (χ3v) is 4.27. The molecule has 0 saturated carbocycles. The van der Waals surface area contributed by atoms with Gasteiger partial charge in [0.1, 0.15) is 12.1 Å². The van der Waals surface area contributed by atoms with Gasteiger partial charge < -0.3 is 15.4 Å². The minimum atomic E-state index is -0.482. The first-order valence-corrected chi connectivity index (χ1v) is 8.68. The Labute approximate surface area is 162 Å². The van der Waals surface area contributed by atoms with Gasteiger partial charge in [0.05, 0.1) is 12.0 Å². The van der Waals surface area contributed by atoms with E-state index in [1.165, 1.54) is 6.33 Å². The first-order chi connectivity index (χ1) is 13.5. The maximum Gasteiger partial charge on any atom is 0.353 e. The van der Waals surface area contributed by atoms with Crippen molar-refractivity contribution in [2.45, 2.75) is 20.4 Å². The molecule has 1 aromatic heterocycles. The second kappa shape index (κ2) is 8.34. The Morgan fingerprint density at radius 3 is 2.46 bits per heavy atom. The molecule has 0 bridgehead atoms. The van der Waals surface area contributed by atoms with E-state index >= 15 is 0 Å². The SMILES string of the molecule is COc1ccc(CNc2ncnc(Nc3cc(C)ccc3C)c2[N+](=O)[O-])cc1. The number of hydrogen-bond acceptors (Lipinski definition) is 7. The average molecular weight is 379 g/mol. The summed E-state index contributed by atoms with van der Waals surface area (Å²) < 4.78 is 5.13. The molecule has 3 rings (SSSR count). The molecule has 8 heteroatoms. The Hall–Kier alpha value is -3.68. The Morgan fingerprint density at radius 1 is 1.07 bits per heavy atom. The van der Waals surface area contributed by atoms with E-state index in [1.807, 2.05) is 56.3 Å². The van der Waals surface area contributed by atoms with E-state index in [1.54, 1.807) is 7.11 Å². The first kappa shape index (κ1) is 19.1. The lowest BCUT2D eigenvalue weighted by Crippen LogP contribution is -2.08. The van der Waals surface area contributed by atoms with Gasteiger partial charge in [-0.05, 0) is 48.7 Å². The maximum atomic E-state index is 11.7. The molecular weight excluding hydrogens is 358 g/mol. The van der Waals surface area contributed by atoms with Crippen molar-refractivity contribution in [2.24, 2.45) is 0 Å². The van der Waals surface area contributed by atoms with Crippen molar-refractivity contribution >= 4 is 23.0 Å². The van der Waals surface area contributed by atoms with E-state index in [0.29, 0.717) is 6.54 Å². The number of anilines is 3. The fourth-order valence-electron chi connectivity index (χ4n) is 2.70. The second-order valence-electron chi connectivity index (χ2n) is 6.32. The van der Waals surface area contributed by atoms with Crippen LogP contribution in [0.1, 0.15) is 16.7 Å². The van der Waals surface area contributed by atoms with Crippen molar-refractivity contribution in [3.8, 4) is 5.75 Å². The zero-order valence-corrected chi connectivity index (χ0v) is 15.9. The number of nitro groups is 1. The molecule has 3 aromatic rings. The molecule has 0 amide bonds. The van der Waals surface area contributed by atoms with Crippen LogP contribution in [0, 0.1) is 24.0 Å². The fraction of sp³-hybridized carbons (Fsp3) is 0.200. The summed E-state index contributed by atoms with van der Waals surface area (Å²) in [6.45, 7) is 4.27. The van der Waals surface area contributed by atoms with Gasteiger partial charge in [0.25, 0.3) is 0 Å². The normalized spacial score (nSPS) is 10.4. The van der Waals surface area contributed by atoms with Gasteiger partial charge in [0, 0.05) is 12.2 Å². The molecule has 8 nitrogen and oxygen atoms in total. The molecule has 28 heavy (non-hydrogen) atoms. The number of aromatic nitrogens is 2. The largest absolute Gasteiger partial charge is 0.497 e. The lowest BCUT2D eigenvalue weighted by molar-refractivity contribution is -0.383. The van der Waals surface area contributed by atoms with Gasteiger partial charge in [-0.3, -0.25) is 10.1 Å². The highest BCUT2D eigenvalue weighted by Crippen LogP contribution is 2.32. The predicted molar refractivity (Wildman–Crippen MR) is 108 cm³/mol. The van der Waals surface area contributed by atoms with Crippen LogP contribution in [0.5, 0.6) is 5.75 Å². The van der Waals surface area contributed by atoms with Gasteiger partial charge in [-0.25, -0.2) is 9.97 Å². The molecule has 2 aromatic carbocycles. The lowest BCUT2D eigenvalue weighted by atomic mass is 10.1. The molecule has 0 aliphatic heterocycles. The quantitative estimate of drug-likeness (QED) is 0.464. The minimum absolute atomic E-state index is 0.144. The highest BCUT2D eigenvalue weighted by molar-refractivity contribution is 5.75. The Morgan fingerprint density at radius 2 is 1.79 bits per heavy atom. The number of benzene rings is 2. The van der Waals surface area contributed by atoms with Crippen LogP contribution in [0.15, 0.2) is 48.8 Å². The third kappa shape index (κ3) is 4.35. The molecule has 0 aliphatic rings. The summed E-state index contributed by atoms with van der Waals surface area (Å²) in [5.74, 6) is 1.05. The lowest BCUT2D eigenvalue weighted by Gasteiger charge is -2.12. The van der Waals surface area contributed by atoms with E-state index < -0.39 is 4.92 Å². The number of rotatable bonds is 7. The third-order valence-electron chi connectivity index (χ3n) is 4.27. The standard InChI is InChI=1S/C20H21N5O3/c1-13-4-5-14(2)17(10-13)24-20-18(25(26)27)19(22-12-23-20)21-11-15-6-8-16(28-3)9-7-15/h4-10,12H,11H2,1-3H3,(H2,21,22,23,24). The predicted octanol–water partition coefficient (Wildman–Crippen LogP) is 4.37.